The van der Waals surface area contributed by atoms with Crippen LogP contribution in [0, 0.1) is 36.5 Å². The molecule has 2 aliphatic heterocycles. The lowest BCUT2D eigenvalue weighted by Gasteiger charge is -2.43. The van der Waals surface area contributed by atoms with E-state index in [9.17, 15) is 19.2 Å². The smallest absolute Gasteiger partial charge is 0.305 e. The molecule has 3 amide bonds. The standard InChI is InChI=1S/C34H27Cl2N3O5S2/c1-15-6-9-17(10-7-15)39-32(41)27-19-13-20(28(27)33(39)42)29-26(19)25(30-31(45-29)38-34(43)46-30)18-4-2-3-5-23(18)44-14-24(40)37-16-8-11-21(35)22(36)12-16/h2-12,19-20,25-29H,13-14H2,1H3,(H,37,40)(H,38,43)/t19-,20-,25-,26?,27?,28?,29?/m1/s1. The summed E-state index contributed by atoms with van der Waals surface area (Å²) in [6.45, 7) is 1.72. The van der Waals surface area contributed by atoms with Crippen molar-refractivity contribution in [3.8, 4) is 5.75 Å². The fraction of sp³-hybridized carbons (Fsp3) is 0.294. The predicted octanol–water partition coefficient (Wildman–Crippen LogP) is 6.75. The van der Waals surface area contributed by atoms with Crippen LogP contribution in [0.4, 0.5) is 11.4 Å². The number of thiazole rings is 1. The van der Waals surface area contributed by atoms with E-state index in [0.29, 0.717) is 27.2 Å². The number of ether oxygens (including phenoxy) is 1. The number of H-pyrrole nitrogens is 1. The molecule has 46 heavy (non-hydrogen) atoms. The lowest BCUT2D eigenvalue weighted by molar-refractivity contribution is -0.123. The summed E-state index contributed by atoms with van der Waals surface area (Å²) >= 11 is 14.9. The van der Waals surface area contributed by atoms with Gasteiger partial charge >= 0.3 is 4.87 Å². The van der Waals surface area contributed by atoms with E-state index < -0.39 is 5.92 Å². The minimum absolute atomic E-state index is 0.000275. The molecule has 12 heteroatoms. The molecule has 4 aromatic rings. The number of aromatic nitrogens is 1. The molecule has 2 saturated carbocycles. The van der Waals surface area contributed by atoms with Crippen molar-refractivity contribution in [3.05, 3.63) is 102 Å². The van der Waals surface area contributed by atoms with Gasteiger partial charge in [0.2, 0.25) is 11.8 Å². The second-order valence-corrected chi connectivity index (χ2v) is 15.3. The average molecular weight is 693 g/mol. The maximum atomic E-state index is 14.0. The molecule has 8 nitrogen and oxygen atoms in total. The third-order valence-corrected chi connectivity index (χ3v) is 13.2. The van der Waals surface area contributed by atoms with Gasteiger partial charge in [-0.15, -0.1) is 11.8 Å². The third kappa shape index (κ3) is 4.72. The highest BCUT2D eigenvalue weighted by Crippen LogP contribution is 2.69. The van der Waals surface area contributed by atoms with Crippen LogP contribution in [0.3, 0.4) is 0 Å². The number of imide groups is 1. The Balaban J connectivity index is 1.11. The quantitative estimate of drug-likeness (QED) is 0.217. The summed E-state index contributed by atoms with van der Waals surface area (Å²) in [5.74, 6) is -1.17. The van der Waals surface area contributed by atoms with E-state index in [1.54, 1.807) is 30.0 Å². The minimum Gasteiger partial charge on any atom is -0.483 e. The summed E-state index contributed by atoms with van der Waals surface area (Å²) in [5, 5.41) is 4.35. The molecule has 8 rings (SSSR count). The molecule has 4 unspecified atom stereocenters. The van der Waals surface area contributed by atoms with Gasteiger partial charge in [-0.2, -0.15) is 0 Å². The number of amides is 3. The van der Waals surface area contributed by atoms with Crippen LogP contribution in [0.1, 0.15) is 28.3 Å². The van der Waals surface area contributed by atoms with Crippen LogP contribution in [0.25, 0.3) is 0 Å². The Hall–Kier alpha value is -3.57. The van der Waals surface area contributed by atoms with Crippen LogP contribution in [0.15, 0.2) is 76.6 Å². The first kappa shape index (κ1) is 29.8. The van der Waals surface area contributed by atoms with Gasteiger partial charge in [-0.1, -0.05) is 70.4 Å². The van der Waals surface area contributed by atoms with Crippen molar-refractivity contribution in [2.75, 3.05) is 16.8 Å². The van der Waals surface area contributed by atoms with Crippen LogP contribution >= 0.6 is 46.3 Å². The number of hydrogen-bond donors (Lipinski definition) is 2. The topological polar surface area (TPSA) is 109 Å². The zero-order valence-corrected chi connectivity index (χ0v) is 27.5. The number of aromatic amines is 1. The van der Waals surface area contributed by atoms with Crippen molar-refractivity contribution in [2.45, 2.75) is 29.5 Å². The molecule has 3 aromatic carbocycles. The SMILES string of the molecule is Cc1ccc(N2C(=O)C3C(C2=O)[C@@H]2C[C@H]3C3Sc4[nH]c(=O)sc4[C@H](c4ccccc4OCC(=O)Nc4ccc(Cl)c(Cl)c4)C32)cc1. The Morgan fingerprint density at radius 2 is 1.72 bits per heavy atom. The van der Waals surface area contributed by atoms with Crippen LogP contribution in [0.5, 0.6) is 5.75 Å². The first-order chi connectivity index (χ1) is 22.2. The van der Waals surface area contributed by atoms with Gasteiger partial charge in [0, 0.05) is 27.3 Å². The monoisotopic (exact) mass is 691 g/mol. The largest absolute Gasteiger partial charge is 0.483 e. The first-order valence-electron chi connectivity index (χ1n) is 15.0. The van der Waals surface area contributed by atoms with E-state index in [1.807, 2.05) is 55.5 Å². The Kier molecular flexibility index (Phi) is 7.32. The maximum Gasteiger partial charge on any atom is 0.305 e. The molecule has 2 N–H and O–H groups in total. The summed E-state index contributed by atoms with van der Waals surface area (Å²) in [5.41, 5.74) is 3.02. The van der Waals surface area contributed by atoms with Crippen LogP contribution < -0.4 is 19.8 Å². The van der Waals surface area contributed by atoms with E-state index in [0.717, 1.165) is 27.5 Å². The van der Waals surface area contributed by atoms with Gasteiger partial charge in [0.15, 0.2) is 6.61 Å². The van der Waals surface area contributed by atoms with Crippen molar-refractivity contribution in [3.63, 3.8) is 0 Å². The van der Waals surface area contributed by atoms with E-state index in [2.05, 4.69) is 10.3 Å². The van der Waals surface area contributed by atoms with Gasteiger partial charge in [0.05, 0.1) is 32.6 Å². The van der Waals surface area contributed by atoms with Crippen molar-refractivity contribution < 1.29 is 19.1 Å². The van der Waals surface area contributed by atoms with Gasteiger partial charge in [0.1, 0.15) is 5.75 Å². The third-order valence-electron chi connectivity index (χ3n) is 9.83. The summed E-state index contributed by atoms with van der Waals surface area (Å²) in [6, 6.07) is 19.9. The lowest BCUT2D eigenvalue weighted by Crippen LogP contribution is -2.42. The average Bonchev–Trinajstić information content (AvgIpc) is 3.77. The molecule has 0 spiro atoms. The van der Waals surface area contributed by atoms with Gasteiger partial charge in [-0.05, 0) is 67.5 Å². The van der Waals surface area contributed by atoms with Crippen LogP contribution in [-0.2, 0) is 14.4 Å². The number of para-hydroxylation sites is 1. The number of thioether (sulfide) groups is 1. The molecule has 7 atom stereocenters. The second-order valence-electron chi connectivity index (χ2n) is 12.3. The zero-order chi connectivity index (χ0) is 31.9. The highest BCUT2D eigenvalue weighted by Gasteiger charge is 2.69. The fourth-order valence-electron chi connectivity index (χ4n) is 8.10. The van der Waals surface area contributed by atoms with E-state index in [1.165, 1.54) is 16.2 Å². The molecular formula is C34H27Cl2N3O5S2. The molecule has 234 valence electrons. The highest BCUT2D eigenvalue weighted by molar-refractivity contribution is 8.00. The summed E-state index contributed by atoms with van der Waals surface area (Å²) in [4.78, 5) is 58.7. The first-order valence-corrected chi connectivity index (χ1v) is 17.5. The Labute approximate surface area is 282 Å². The number of halogens is 2. The number of benzene rings is 3. The molecule has 1 saturated heterocycles. The normalized spacial score (nSPS) is 27.4. The Morgan fingerprint density at radius 1 is 0.978 bits per heavy atom. The molecule has 4 aliphatic rings. The van der Waals surface area contributed by atoms with Crippen molar-refractivity contribution in [1.82, 2.24) is 4.98 Å². The molecule has 0 radical (unpaired) electrons. The number of nitrogens with zero attached hydrogens (tertiary/aromatic N) is 1. The minimum atomic E-state index is -0.412. The number of carbonyl (C=O) groups excluding carboxylic acids is 3. The van der Waals surface area contributed by atoms with Crippen LogP contribution in [-0.4, -0.2) is 34.6 Å². The van der Waals surface area contributed by atoms with Gasteiger partial charge in [-0.3, -0.25) is 24.1 Å². The summed E-state index contributed by atoms with van der Waals surface area (Å²) < 4.78 is 6.15. The predicted molar refractivity (Wildman–Crippen MR) is 179 cm³/mol. The molecule has 3 heterocycles. The van der Waals surface area contributed by atoms with E-state index >= 15 is 0 Å². The number of aryl methyl sites for hydroxylation is 1. The maximum absolute atomic E-state index is 14.0. The summed E-state index contributed by atoms with van der Waals surface area (Å²) in [6.07, 6.45) is 0.779. The van der Waals surface area contributed by atoms with Crippen molar-refractivity contribution >= 4 is 75.4 Å². The van der Waals surface area contributed by atoms with Gasteiger partial charge in [-0.25, -0.2) is 0 Å². The number of carbonyl (C=O) groups is 3. The fourth-order valence-corrected chi connectivity index (χ4v) is 11.3. The van der Waals surface area contributed by atoms with E-state index in [-0.39, 0.29) is 64.0 Å². The number of fused-ring (bicyclic) bond motifs is 9. The van der Waals surface area contributed by atoms with E-state index in [4.69, 9.17) is 27.9 Å². The molecule has 2 bridgehead atoms. The van der Waals surface area contributed by atoms with Crippen molar-refractivity contribution in [1.29, 1.82) is 0 Å². The summed E-state index contributed by atoms with van der Waals surface area (Å²) in [7, 11) is 0. The molecule has 2 aliphatic carbocycles. The lowest BCUT2D eigenvalue weighted by atomic mass is 9.68. The number of hydrogen-bond acceptors (Lipinski definition) is 7. The van der Waals surface area contributed by atoms with Gasteiger partial charge < -0.3 is 15.0 Å². The molecule has 1 aromatic heterocycles. The van der Waals surface area contributed by atoms with Crippen molar-refractivity contribution in [2.24, 2.45) is 29.6 Å². The number of rotatable bonds is 6. The second kappa shape index (κ2) is 11.3. The highest BCUT2D eigenvalue weighted by atomic mass is 35.5. The molecular weight excluding hydrogens is 665 g/mol. The zero-order valence-electron chi connectivity index (χ0n) is 24.4. The Bertz CT molecular complexity index is 1980. The number of anilines is 2. The molecule has 3 fully saturated rings. The Morgan fingerprint density at radius 3 is 2.48 bits per heavy atom. The van der Waals surface area contributed by atoms with Crippen LogP contribution in [0.2, 0.25) is 10.0 Å². The number of nitrogens with one attached hydrogen (secondary N) is 2. The van der Waals surface area contributed by atoms with Gasteiger partial charge in [0.25, 0.3) is 5.91 Å².